The summed E-state index contributed by atoms with van der Waals surface area (Å²) in [4.78, 5) is 2.26. The molecule has 1 fully saturated rings. The molecule has 0 radical (unpaired) electrons. The number of hydrogen-bond donors (Lipinski definition) is 1. The molecule has 1 atom stereocenters. The van der Waals surface area contributed by atoms with Gasteiger partial charge in [-0.3, -0.25) is 4.90 Å². The molecular weight excluding hydrogens is 262 g/mol. The Kier molecular flexibility index (Phi) is 5.67. The molecule has 1 aromatic carbocycles. The van der Waals surface area contributed by atoms with Gasteiger partial charge in [-0.05, 0) is 37.1 Å². The molecule has 1 aromatic rings. The summed E-state index contributed by atoms with van der Waals surface area (Å²) in [5.74, 6) is -0.347. The fraction of sp³-hybridized carbons (Fsp3) is 0.500. The van der Waals surface area contributed by atoms with Crippen molar-refractivity contribution in [2.45, 2.75) is 25.4 Å². The number of nitrogens with zero attached hydrogens (tertiary/aromatic N) is 1. The van der Waals surface area contributed by atoms with E-state index in [0.717, 1.165) is 38.0 Å². The Morgan fingerprint density at radius 1 is 1.47 bits per heavy atom. The number of hydrogen-bond acceptors (Lipinski definition) is 2. The third-order valence-corrected chi connectivity index (χ3v) is 3.24. The van der Waals surface area contributed by atoms with E-state index < -0.39 is 0 Å². The molecule has 1 saturated heterocycles. The molecule has 1 aliphatic rings. The van der Waals surface area contributed by atoms with Gasteiger partial charge in [-0.25, -0.2) is 4.39 Å². The lowest BCUT2D eigenvalue weighted by Crippen LogP contribution is -2.42. The number of halogens is 3. The molecule has 0 bridgehead atoms. The summed E-state index contributed by atoms with van der Waals surface area (Å²) in [6, 6.07) is 5.23. The average molecular weight is 279 g/mol. The molecule has 2 rings (SSSR count). The van der Waals surface area contributed by atoms with Crippen LogP contribution < -0.4 is 5.73 Å². The summed E-state index contributed by atoms with van der Waals surface area (Å²) in [7, 11) is 0. The predicted octanol–water partition coefficient (Wildman–Crippen LogP) is 2.82. The highest BCUT2D eigenvalue weighted by Crippen LogP contribution is 2.18. The van der Waals surface area contributed by atoms with Crippen molar-refractivity contribution in [2.24, 2.45) is 5.73 Å². The highest BCUT2D eigenvalue weighted by Gasteiger charge is 2.16. The average Bonchev–Trinajstić information content (AvgIpc) is 2.24. The lowest BCUT2D eigenvalue weighted by Gasteiger charge is -2.30. The van der Waals surface area contributed by atoms with E-state index in [2.05, 4.69) is 4.90 Å². The van der Waals surface area contributed by atoms with Gasteiger partial charge in [0.1, 0.15) is 5.82 Å². The van der Waals surface area contributed by atoms with Gasteiger partial charge in [0.2, 0.25) is 0 Å². The third-order valence-electron chi connectivity index (χ3n) is 2.93. The van der Waals surface area contributed by atoms with Gasteiger partial charge in [0.15, 0.2) is 0 Å². The molecule has 0 spiro atoms. The molecule has 1 heterocycles. The van der Waals surface area contributed by atoms with E-state index in [1.165, 1.54) is 6.07 Å². The quantitative estimate of drug-likeness (QED) is 0.902. The summed E-state index contributed by atoms with van der Waals surface area (Å²) in [6.07, 6.45) is 2.21. The maximum Gasteiger partial charge on any atom is 0.142 e. The molecule has 0 amide bonds. The van der Waals surface area contributed by atoms with Crippen molar-refractivity contribution >= 4 is 24.0 Å². The summed E-state index contributed by atoms with van der Waals surface area (Å²) in [6.45, 7) is 2.68. The third kappa shape index (κ3) is 4.11. The fourth-order valence-corrected chi connectivity index (χ4v) is 2.25. The van der Waals surface area contributed by atoms with E-state index in [4.69, 9.17) is 17.3 Å². The van der Waals surface area contributed by atoms with Crippen molar-refractivity contribution in [3.05, 3.63) is 34.6 Å². The van der Waals surface area contributed by atoms with E-state index in [-0.39, 0.29) is 29.3 Å². The first-order chi connectivity index (χ1) is 7.65. The van der Waals surface area contributed by atoms with Crippen LogP contribution in [0.4, 0.5) is 4.39 Å². The number of nitrogens with two attached hydrogens (primary N) is 1. The van der Waals surface area contributed by atoms with E-state index >= 15 is 0 Å². The minimum atomic E-state index is -0.347. The van der Waals surface area contributed by atoms with E-state index in [0.29, 0.717) is 0 Å². The maximum atomic E-state index is 13.2. The Morgan fingerprint density at radius 2 is 2.24 bits per heavy atom. The predicted molar refractivity (Wildman–Crippen MR) is 71.1 cm³/mol. The van der Waals surface area contributed by atoms with Crippen LogP contribution in [0.3, 0.4) is 0 Å². The monoisotopic (exact) mass is 278 g/mol. The zero-order valence-electron chi connectivity index (χ0n) is 9.53. The van der Waals surface area contributed by atoms with Gasteiger partial charge in [-0.15, -0.1) is 12.4 Å². The Labute approximate surface area is 112 Å². The van der Waals surface area contributed by atoms with Gasteiger partial charge in [-0.1, -0.05) is 17.7 Å². The van der Waals surface area contributed by atoms with Crippen LogP contribution in [0.5, 0.6) is 0 Å². The molecule has 96 valence electrons. The Balaban J connectivity index is 0.00000144. The van der Waals surface area contributed by atoms with Crippen molar-refractivity contribution in [3.63, 3.8) is 0 Å². The van der Waals surface area contributed by atoms with Crippen molar-refractivity contribution in [1.82, 2.24) is 4.90 Å². The molecule has 0 aromatic heterocycles. The van der Waals surface area contributed by atoms with Crippen molar-refractivity contribution < 1.29 is 4.39 Å². The van der Waals surface area contributed by atoms with Crippen molar-refractivity contribution in [3.8, 4) is 0 Å². The highest BCUT2D eigenvalue weighted by atomic mass is 35.5. The van der Waals surface area contributed by atoms with Crippen LogP contribution in [0.2, 0.25) is 5.02 Å². The first kappa shape index (κ1) is 14.7. The molecule has 17 heavy (non-hydrogen) atoms. The Bertz CT molecular complexity index is 374. The van der Waals surface area contributed by atoms with Gasteiger partial charge in [0.25, 0.3) is 0 Å². The highest BCUT2D eigenvalue weighted by molar-refractivity contribution is 6.30. The van der Waals surface area contributed by atoms with Crippen LogP contribution in [0.25, 0.3) is 0 Å². The smallest absolute Gasteiger partial charge is 0.142 e. The van der Waals surface area contributed by atoms with Crippen LogP contribution in [0.15, 0.2) is 18.2 Å². The van der Waals surface area contributed by atoms with E-state index in [1.54, 1.807) is 6.07 Å². The van der Waals surface area contributed by atoms with Crippen LogP contribution in [-0.2, 0) is 6.54 Å². The lowest BCUT2D eigenvalue weighted by molar-refractivity contribution is 0.201. The largest absolute Gasteiger partial charge is 0.327 e. The fourth-order valence-electron chi connectivity index (χ4n) is 2.13. The number of rotatable bonds is 2. The topological polar surface area (TPSA) is 29.3 Å². The summed E-state index contributed by atoms with van der Waals surface area (Å²) >= 11 is 5.64. The van der Waals surface area contributed by atoms with Gasteiger partial charge in [0.05, 0.1) is 5.02 Å². The zero-order chi connectivity index (χ0) is 11.5. The zero-order valence-corrected chi connectivity index (χ0v) is 11.1. The second-order valence-electron chi connectivity index (χ2n) is 4.39. The van der Waals surface area contributed by atoms with Crippen molar-refractivity contribution in [1.29, 1.82) is 0 Å². The standard InChI is InChI=1S/C12H16ClFN2.ClH/c13-11-4-3-9(6-12(11)14)7-16-5-1-2-10(15)8-16;/h3-4,6,10H,1-2,5,7-8,15H2;1H/t10-;/m1./s1. The molecule has 5 heteroatoms. The lowest BCUT2D eigenvalue weighted by atomic mass is 10.1. The van der Waals surface area contributed by atoms with Crippen molar-refractivity contribution in [2.75, 3.05) is 13.1 Å². The normalized spacial score (nSPS) is 21.0. The van der Waals surface area contributed by atoms with Crippen LogP contribution in [0, 0.1) is 5.82 Å². The first-order valence-corrected chi connectivity index (χ1v) is 5.95. The van der Waals surface area contributed by atoms with Gasteiger partial charge >= 0.3 is 0 Å². The van der Waals surface area contributed by atoms with E-state index in [9.17, 15) is 4.39 Å². The Hall–Kier alpha value is -0.350. The SMILES string of the molecule is Cl.N[C@@H]1CCCN(Cc2ccc(Cl)c(F)c2)C1. The van der Waals surface area contributed by atoms with Crippen LogP contribution in [0.1, 0.15) is 18.4 Å². The second-order valence-corrected chi connectivity index (χ2v) is 4.79. The summed E-state index contributed by atoms with van der Waals surface area (Å²) in [5.41, 5.74) is 6.85. The summed E-state index contributed by atoms with van der Waals surface area (Å²) < 4.78 is 13.2. The van der Waals surface area contributed by atoms with Gasteiger partial charge in [-0.2, -0.15) is 0 Å². The second kappa shape index (κ2) is 6.55. The van der Waals surface area contributed by atoms with Gasteiger partial charge in [0, 0.05) is 19.1 Å². The first-order valence-electron chi connectivity index (χ1n) is 5.57. The van der Waals surface area contributed by atoms with Gasteiger partial charge < -0.3 is 5.73 Å². The number of likely N-dealkylation sites (tertiary alicyclic amines) is 1. The van der Waals surface area contributed by atoms with E-state index in [1.807, 2.05) is 6.07 Å². The molecule has 2 N–H and O–H groups in total. The molecule has 2 nitrogen and oxygen atoms in total. The Morgan fingerprint density at radius 3 is 2.88 bits per heavy atom. The molecule has 0 saturated carbocycles. The maximum absolute atomic E-state index is 13.2. The van der Waals surface area contributed by atoms with Crippen LogP contribution >= 0.6 is 24.0 Å². The minimum absolute atomic E-state index is 0. The molecule has 1 aliphatic heterocycles. The summed E-state index contributed by atoms with van der Waals surface area (Å²) in [5, 5.41) is 0.180. The number of piperidine rings is 1. The molecule has 0 aliphatic carbocycles. The number of benzene rings is 1. The molecule has 0 unspecified atom stereocenters. The molecular formula is C12H17Cl2FN2. The van der Waals surface area contributed by atoms with Crippen LogP contribution in [-0.4, -0.2) is 24.0 Å². The minimum Gasteiger partial charge on any atom is -0.327 e.